The summed E-state index contributed by atoms with van der Waals surface area (Å²) in [6, 6.07) is 4.51. The van der Waals surface area contributed by atoms with Crippen molar-refractivity contribution in [1.29, 1.82) is 0 Å². The number of aromatic nitrogens is 8. The highest BCUT2D eigenvalue weighted by Crippen LogP contribution is 2.29. The first-order chi connectivity index (χ1) is 15.9. The number of H-pyrrole nitrogens is 1. The number of aromatic amines is 1. The SMILES string of the molecule is Cc1ccc(-c2cnc3c(-n4nncc4C(F)F)cc(C(=O)N[C@@H](C)c4nnc[nH]4)cn23)o1. The number of fused-ring (bicyclic) bond motifs is 1. The van der Waals surface area contributed by atoms with Gasteiger partial charge in [0.15, 0.2) is 17.2 Å². The molecule has 33 heavy (non-hydrogen) atoms. The molecular weight excluding hydrogens is 436 g/mol. The number of halogens is 2. The van der Waals surface area contributed by atoms with E-state index in [-0.39, 0.29) is 11.3 Å². The van der Waals surface area contributed by atoms with E-state index in [1.807, 2.05) is 0 Å². The number of furan rings is 1. The van der Waals surface area contributed by atoms with E-state index < -0.39 is 24.1 Å². The number of imidazole rings is 1. The average Bonchev–Trinajstić information content (AvgIpc) is 3.59. The predicted molar refractivity (Wildman–Crippen MR) is 110 cm³/mol. The van der Waals surface area contributed by atoms with Crippen molar-refractivity contribution < 1.29 is 18.0 Å². The monoisotopic (exact) mass is 453 g/mol. The summed E-state index contributed by atoms with van der Waals surface area (Å²) in [4.78, 5) is 20.3. The fraction of sp³-hybridized carbons (Fsp3) is 0.200. The highest BCUT2D eigenvalue weighted by atomic mass is 19.3. The van der Waals surface area contributed by atoms with Gasteiger partial charge in [0.05, 0.1) is 24.0 Å². The lowest BCUT2D eigenvalue weighted by Gasteiger charge is -2.14. The van der Waals surface area contributed by atoms with Crippen molar-refractivity contribution in [3.63, 3.8) is 0 Å². The maximum atomic E-state index is 13.6. The normalized spacial score (nSPS) is 12.5. The van der Waals surface area contributed by atoms with E-state index in [0.717, 1.165) is 10.9 Å². The number of carbonyl (C=O) groups is 1. The molecule has 5 heterocycles. The first kappa shape index (κ1) is 20.5. The van der Waals surface area contributed by atoms with Gasteiger partial charge in [-0.2, -0.15) is 0 Å². The number of carbonyl (C=O) groups excluding carboxylic acids is 1. The number of nitrogens with one attached hydrogen (secondary N) is 2. The van der Waals surface area contributed by atoms with Crippen LogP contribution < -0.4 is 5.32 Å². The van der Waals surface area contributed by atoms with Crippen LogP contribution in [0.15, 0.2) is 47.5 Å². The number of amides is 1. The van der Waals surface area contributed by atoms with Gasteiger partial charge >= 0.3 is 0 Å². The smallest absolute Gasteiger partial charge is 0.282 e. The van der Waals surface area contributed by atoms with E-state index in [4.69, 9.17) is 4.42 Å². The van der Waals surface area contributed by atoms with Gasteiger partial charge in [-0.3, -0.25) is 9.20 Å². The highest BCUT2D eigenvalue weighted by Gasteiger charge is 2.23. The lowest BCUT2D eigenvalue weighted by molar-refractivity contribution is 0.0938. The molecule has 5 aromatic rings. The van der Waals surface area contributed by atoms with Crippen LogP contribution in [-0.2, 0) is 0 Å². The van der Waals surface area contributed by atoms with E-state index in [1.54, 1.807) is 36.6 Å². The van der Waals surface area contributed by atoms with Crippen molar-refractivity contribution in [3.05, 3.63) is 66.0 Å². The molecule has 0 aromatic carbocycles. The molecule has 0 bridgehead atoms. The van der Waals surface area contributed by atoms with Gasteiger partial charge in [-0.1, -0.05) is 5.21 Å². The first-order valence-electron chi connectivity index (χ1n) is 9.86. The molecule has 0 spiro atoms. The Bertz CT molecular complexity index is 1440. The third-order valence-corrected chi connectivity index (χ3v) is 5.06. The lowest BCUT2D eigenvalue weighted by Crippen LogP contribution is -2.28. The Morgan fingerprint density at radius 1 is 1.24 bits per heavy atom. The molecule has 0 aliphatic rings. The van der Waals surface area contributed by atoms with Gasteiger partial charge in [0.2, 0.25) is 0 Å². The Labute approximate surface area is 184 Å². The summed E-state index contributed by atoms with van der Waals surface area (Å²) in [7, 11) is 0. The lowest BCUT2D eigenvalue weighted by atomic mass is 10.2. The Balaban J connectivity index is 1.66. The van der Waals surface area contributed by atoms with E-state index in [1.165, 1.54) is 18.6 Å². The summed E-state index contributed by atoms with van der Waals surface area (Å²) in [5.74, 6) is 1.20. The number of alkyl halides is 2. The second kappa shape index (κ2) is 7.93. The van der Waals surface area contributed by atoms with Crippen LogP contribution >= 0.6 is 0 Å². The Morgan fingerprint density at radius 3 is 2.79 bits per heavy atom. The zero-order chi connectivity index (χ0) is 23.1. The quantitative estimate of drug-likeness (QED) is 0.404. The Hall–Kier alpha value is -4.42. The molecule has 2 N–H and O–H groups in total. The van der Waals surface area contributed by atoms with Crippen molar-refractivity contribution in [2.75, 3.05) is 0 Å². The maximum absolute atomic E-state index is 13.6. The summed E-state index contributed by atoms with van der Waals surface area (Å²) < 4.78 is 35.4. The number of hydrogen-bond acceptors (Lipinski definition) is 7. The number of hydrogen-bond donors (Lipinski definition) is 2. The standard InChI is InChI=1S/C20H17F2N9O2/c1-10-3-4-16(33-10)14-6-23-19-13(31-15(17(21)22)7-25-29-31)5-12(8-30(14)19)20(32)27-11(2)18-24-9-26-28-18/h3-9,11,17H,1-2H3,(H,27,32)(H,24,26,28)/t11-/m0/s1. The number of rotatable bonds is 6. The van der Waals surface area contributed by atoms with Gasteiger partial charge in [0.25, 0.3) is 12.3 Å². The Morgan fingerprint density at radius 2 is 2.09 bits per heavy atom. The predicted octanol–water partition coefficient (Wildman–Crippen LogP) is 3.03. The molecule has 5 rings (SSSR count). The van der Waals surface area contributed by atoms with Crippen LogP contribution in [0.3, 0.4) is 0 Å². The third-order valence-electron chi connectivity index (χ3n) is 5.06. The number of aryl methyl sites for hydroxylation is 1. The topological polar surface area (TPSA) is 132 Å². The van der Waals surface area contributed by atoms with Crippen LogP contribution in [0, 0.1) is 6.92 Å². The molecule has 0 aliphatic heterocycles. The van der Waals surface area contributed by atoms with E-state index >= 15 is 0 Å². The molecular formula is C20H17F2N9O2. The highest BCUT2D eigenvalue weighted by molar-refractivity contribution is 5.95. The van der Waals surface area contributed by atoms with Crippen molar-refractivity contribution in [1.82, 2.24) is 44.9 Å². The molecule has 13 heteroatoms. The summed E-state index contributed by atoms with van der Waals surface area (Å²) in [5.41, 5.74) is 0.754. The average molecular weight is 453 g/mol. The van der Waals surface area contributed by atoms with Gasteiger partial charge < -0.3 is 14.7 Å². The molecule has 0 saturated carbocycles. The van der Waals surface area contributed by atoms with Crippen molar-refractivity contribution >= 4 is 11.6 Å². The maximum Gasteiger partial charge on any atom is 0.282 e. The van der Waals surface area contributed by atoms with Crippen LogP contribution in [0.1, 0.15) is 47.0 Å². The van der Waals surface area contributed by atoms with Gasteiger partial charge in [-0.15, -0.1) is 15.3 Å². The molecule has 0 fully saturated rings. The van der Waals surface area contributed by atoms with Gasteiger partial charge in [0.1, 0.15) is 29.2 Å². The van der Waals surface area contributed by atoms with Gasteiger partial charge in [-0.25, -0.2) is 18.4 Å². The summed E-state index contributed by atoms with van der Waals surface area (Å²) >= 11 is 0. The minimum atomic E-state index is -2.83. The van der Waals surface area contributed by atoms with Crippen LogP contribution in [0.25, 0.3) is 22.8 Å². The van der Waals surface area contributed by atoms with E-state index in [2.05, 4.69) is 35.8 Å². The first-order valence-corrected chi connectivity index (χ1v) is 9.86. The Kier molecular flexibility index (Phi) is 4.92. The van der Waals surface area contributed by atoms with Crippen LogP contribution in [0.2, 0.25) is 0 Å². The fourth-order valence-corrected chi connectivity index (χ4v) is 3.46. The van der Waals surface area contributed by atoms with Crippen LogP contribution in [0.5, 0.6) is 0 Å². The molecule has 11 nitrogen and oxygen atoms in total. The van der Waals surface area contributed by atoms with Crippen molar-refractivity contribution in [2.45, 2.75) is 26.3 Å². The molecule has 0 aliphatic carbocycles. The van der Waals surface area contributed by atoms with Gasteiger partial charge in [-0.05, 0) is 32.0 Å². The summed E-state index contributed by atoms with van der Waals surface area (Å²) in [6.45, 7) is 3.53. The second-order valence-corrected chi connectivity index (χ2v) is 7.30. The van der Waals surface area contributed by atoms with Crippen LogP contribution in [-0.4, -0.2) is 45.5 Å². The molecule has 1 atom stereocenters. The minimum Gasteiger partial charge on any atom is -0.460 e. The molecule has 168 valence electrons. The van der Waals surface area contributed by atoms with Gasteiger partial charge in [0, 0.05) is 6.20 Å². The molecule has 0 unspecified atom stereocenters. The summed E-state index contributed by atoms with van der Waals surface area (Å²) in [6.07, 6.45) is 2.64. The third kappa shape index (κ3) is 3.62. The molecule has 0 radical (unpaired) electrons. The van der Waals surface area contributed by atoms with E-state index in [9.17, 15) is 13.6 Å². The molecule has 0 saturated heterocycles. The molecule has 5 aromatic heterocycles. The van der Waals surface area contributed by atoms with Crippen LogP contribution in [0.4, 0.5) is 8.78 Å². The zero-order valence-corrected chi connectivity index (χ0v) is 17.4. The summed E-state index contributed by atoms with van der Waals surface area (Å²) in [5, 5.41) is 17.8. The number of nitrogens with zero attached hydrogens (tertiary/aromatic N) is 7. The van der Waals surface area contributed by atoms with Crippen molar-refractivity contribution in [3.8, 4) is 17.1 Å². The van der Waals surface area contributed by atoms with Crippen molar-refractivity contribution in [2.24, 2.45) is 0 Å². The molecule has 1 amide bonds. The zero-order valence-electron chi connectivity index (χ0n) is 17.4. The largest absolute Gasteiger partial charge is 0.460 e. The van der Waals surface area contributed by atoms with E-state index in [0.29, 0.717) is 28.7 Å². The second-order valence-electron chi connectivity index (χ2n) is 7.30. The fourth-order valence-electron chi connectivity index (χ4n) is 3.46. The minimum absolute atomic E-state index is 0.164. The number of pyridine rings is 1.